The number of halogens is 4. The second-order valence-corrected chi connectivity index (χ2v) is 6.57. The van der Waals surface area contributed by atoms with E-state index in [9.17, 15) is 0 Å². The van der Waals surface area contributed by atoms with E-state index < -0.39 is 24.2 Å². The van der Waals surface area contributed by atoms with E-state index in [0.29, 0.717) is 0 Å². The molecule has 0 aliphatic rings. The minimum atomic E-state index is -1.02. The van der Waals surface area contributed by atoms with Gasteiger partial charge in [0.25, 0.3) is 0 Å². The van der Waals surface area contributed by atoms with E-state index in [1.807, 2.05) is 0 Å². The Morgan fingerprint density at radius 2 is 0.833 bits per heavy atom. The first kappa shape index (κ1) is 23.9. The van der Waals surface area contributed by atoms with Crippen molar-refractivity contribution >= 4 is 40.4 Å². The van der Waals surface area contributed by atoms with Gasteiger partial charge < -0.3 is 0 Å². The van der Waals surface area contributed by atoms with Crippen molar-refractivity contribution in [3.8, 4) is 9.94 Å². The molecule has 0 aromatic carbocycles. The van der Waals surface area contributed by atoms with Gasteiger partial charge in [-0.05, 0) is 0 Å². The summed E-state index contributed by atoms with van der Waals surface area (Å²) in [6.45, 7) is 0. The van der Waals surface area contributed by atoms with Gasteiger partial charge >= 0.3 is 123 Å². The maximum atomic E-state index is 7.64. The normalized spacial score (nSPS) is 7.83. The summed E-state index contributed by atoms with van der Waals surface area (Å²) in [5, 5.41) is 15.3. The number of hydrogen-bond donors (Lipinski definition) is 0. The fraction of sp³-hybridized carbons (Fsp3) is 0. The van der Waals surface area contributed by atoms with Crippen LogP contribution in [0.15, 0.2) is 0 Å². The minimum absolute atomic E-state index is 0. The molecule has 12 heavy (non-hydrogen) atoms. The Balaban J connectivity index is -0.0000000457. The van der Waals surface area contributed by atoms with Crippen LogP contribution in [0, 0.1) is 20.5 Å². The second-order valence-electron chi connectivity index (χ2n) is 0.449. The molecule has 0 atom stereocenters. The molecule has 0 saturated carbocycles. The van der Waals surface area contributed by atoms with Gasteiger partial charge in [0.05, 0.1) is 0 Å². The molecule has 2 nitrogen and oxygen atoms in total. The zero-order valence-electron chi connectivity index (χ0n) is 6.01. The van der Waals surface area contributed by atoms with Crippen molar-refractivity contribution in [3.05, 3.63) is 0 Å². The average molecular weight is 335 g/mol. The van der Waals surface area contributed by atoms with Crippen molar-refractivity contribution in [1.29, 1.82) is 10.5 Å². The maximum absolute atomic E-state index is 7.64. The molecule has 10 heteroatoms. The van der Waals surface area contributed by atoms with Crippen LogP contribution in [-0.4, -0.2) is 0 Å². The summed E-state index contributed by atoms with van der Waals surface area (Å²) in [5.41, 5.74) is 0. The summed E-state index contributed by atoms with van der Waals surface area (Å²) in [5.74, 6) is 0. The van der Waals surface area contributed by atoms with Crippen molar-refractivity contribution in [2.75, 3.05) is 0 Å². The van der Waals surface area contributed by atoms with Gasteiger partial charge in [0.15, 0.2) is 0 Å². The molecular formula is C2Cl4Cu2Li2N2. The third kappa shape index (κ3) is 39.4. The summed E-state index contributed by atoms with van der Waals surface area (Å²) in [4.78, 5) is 3.16. The van der Waals surface area contributed by atoms with Crippen molar-refractivity contribution in [3.63, 3.8) is 0 Å². The Morgan fingerprint density at radius 3 is 0.833 bits per heavy atom. The molecule has 0 radical (unpaired) electrons. The van der Waals surface area contributed by atoms with Crippen LogP contribution in [0.5, 0.6) is 0 Å². The first-order valence-electron chi connectivity index (χ1n) is 1.20. The van der Waals surface area contributed by atoms with Crippen molar-refractivity contribution in [2.24, 2.45) is 0 Å². The first-order chi connectivity index (χ1) is 4.54. The van der Waals surface area contributed by atoms with Crippen LogP contribution in [0.1, 0.15) is 0 Å². The third-order valence-electron chi connectivity index (χ3n) is 0.102. The Bertz CT molecular complexity index is 136. The molecule has 70 valence electrons. The molecule has 0 aliphatic carbocycles. The van der Waals surface area contributed by atoms with E-state index in [-0.39, 0.29) is 37.7 Å². The monoisotopic (exact) mass is 332 g/mol. The summed E-state index contributed by atoms with van der Waals surface area (Å²) in [7, 11) is 19.5. The van der Waals surface area contributed by atoms with Crippen LogP contribution in [0.4, 0.5) is 0 Å². The molecule has 0 saturated heterocycles. The van der Waals surface area contributed by atoms with Crippen LogP contribution >= 0.6 is 40.4 Å². The van der Waals surface area contributed by atoms with Crippen LogP contribution in [0.3, 0.4) is 0 Å². The molecule has 0 amide bonds. The second kappa shape index (κ2) is 19.0. The van der Waals surface area contributed by atoms with Crippen LogP contribution in [-0.2, 0) is 24.2 Å². The quantitative estimate of drug-likeness (QED) is 0.438. The predicted molar refractivity (Wildman–Crippen MR) is 34.6 cm³/mol. The molecule has 0 spiro atoms. The Kier molecular flexibility index (Phi) is 37.9. The van der Waals surface area contributed by atoms with Gasteiger partial charge in [0, 0.05) is 0 Å². The van der Waals surface area contributed by atoms with Crippen LogP contribution in [0.2, 0.25) is 0 Å². The molecule has 0 fully saturated rings. The summed E-state index contributed by atoms with van der Waals surface area (Å²) in [6, 6.07) is 0. The predicted octanol–water partition coefficient (Wildman–Crippen LogP) is -3.21. The largest absolute Gasteiger partial charge is 1.00 e. The fourth-order valence-electron chi connectivity index (χ4n) is 0. The molecule has 0 rings (SSSR count). The van der Waals surface area contributed by atoms with E-state index in [1.54, 1.807) is 9.94 Å². The SMILES string of the molecule is N#[C][Cu-]([Cl])[Cl].N#[C][Cu-]([Cl])[Cl].[Li+].[Li+]. The number of nitrogens with zero attached hydrogens (tertiary/aromatic N) is 2. The summed E-state index contributed by atoms with van der Waals surface area (Å²) < 4.78 is 0. The van der Waals surface area contributed by atoms with Gasteiger partial charge in [-0.3, -0.25) is 0 Å². The van der Waals surface area contributed by atoms with Crippen molar-refractivity contribution in [2.45, 2.75) is 0 Å². The van der Waals surface area contributed by atoms with E-state index in [4.69, 9.17) is 50.9 Å². The Labute approximate surface area is 121 Å². The topological polar surface area (TPSA) is 47.6 Å². The zero-order valence-corrected chi connectivity index (χ0v) is 10.9. The van der Waals surface area contributed by atoms with Crippen LogP contribution in [0.25, 0.3) is 0 Å². The molecule has 0 heterocycles. The number of hydrogen-bond acceptors (Lipinski definition) is 2. The van der Waals surface area contributed by atoms with Gasteiger partial charge in [0.1, 0.15) is 0 Å². The van der Waals surface area contributed by atoms with Gasteiger partial charge in [-0.15, -0.1) is 0 Å². The van der Waals surface area contributed by atoms with E-state index in [0.717, 1.165) is 0 Å². The summed E-state index contributed by atoms with van der Waals surface area (Å²) >= 11 is -2.04. The van der Waals surface area contributed by atoms with Gasteiger partial charge in [0.2, 0.25) is 0 Å². The van der Waals surface area contributed by atoms with Crippen molar-refractivity contribution in [1.82, 2.24) is 0 Å². The average Bonchev–Trinajstić information content (AvgIpc) is 1.89. The minimum Gasteiger partial charge on any atom is 1.00 e. The first-order valence-corrected chi connectivity index (χ1v) is 7.33. The molecule has 0 aromatic rings. The molecule has 0 aromatic heterocycles. The molecule has 0 aliphatic heterocycles. The third-order valence-corrected chi connectivity index (χ3v) is 1.26. The Morgan fingerprint density at radius 1 is 0.750 bits per heavy atom. The van der Waals surface area contributed by atoms with E-state index in [2.05, 4.69) is 0 Å². The van der Waals surface area contributed by atoms with Crippen molar-refractivity contribution < 1.29 is 61.9 Å². The van der Waals surface area contributed by atoms with E-state index in [1.165, 1.54) is 0 Å². The Hall–Kier alpha value is 2.37. The van der Waals surface area contributed by atoms with E-state index >= 15 is 0 Å². The summed E-state index contributed by atoms with van der Waals surface area (Å²) in [6.07, 6.45) is 0. The van der Waals surface area contributed by atoms with Crippen LogP contribution < -0.4 is 37.7 Å². The fourth-order valence-corrected chi connectivity index (χ4v) is 0. The van der Waals surface area contributed by atoms with Gasteiger partial charge in [-0.1, -0.05) is 0 Å². The molecule has 0 N–H and O–H groups in total. The molecular weight excluding hydrogens is 335 g/mol. The number of rotatable bonds is 0. The smallest absolute Gasteiger partial charge is 1.00 e. The van der Waals surface area contributed by atoms with Gasteiger partial charge in [-0.2, -0.15) is 0 Å². The maximum Gasteiger partial charge on any atom is 1.00 e. The zero-order chi connectivity index (χ0) is 8.57. The standard InChI is InChI=1S/2CN.4ClH.2Cu.2Li/c2*1-2;;;;;;;;/h;;4*1H;;;;/q;;;;;;4*+1/p-4. The molecule has 0 bridgehead atoms. The van der Waals surface area contributed by atoms with Gasteiger partial charge in [-0.25, -0.2) is 0 Å². The molecule has 0 unspecified atom stereocenters. The number of nitriles is 2.